The summed E-state index contributed by atoms with van der Waals surface area (Å²) in [6.45, 7) is 6.60. The van der Waals surface area contributed by atoms with Crippen molar-refractivity contribution in [1.82, 2.24) is 9.29 Å². The lowest BCUT2D eigenvalue weighted by atomic mass is 10.1. The summed E-state index contributed by atoms with van der Waals surface area (Å²) < 4.78 is 25.7. The third kappa shape index (κ3) is 4.27. The first-order valence-electron chi connectivity index (χ1n) is 11.5. The quantitative estimate of drug-likeness (QED) is 0.373. The monoisotopic (exact) mass is 491 g/mol. The fourth-order valence-electron chi connectivity index (χ4n) is 4.48. The van der Waals surface area contributed by atoms with Gasteiger partial charge in [0, 0.05) is 37.4 Å². The molecule has 1 aromatic heterocycles. The van der Waals surface area contributed by atoms with Gasteiger partial charge in [-0.3, -0.25) is 9.59 Å². The number of nitrogens with one attached hydrogen (secondary N) is 1. The van der Waals surface area contributed by atoms with Crippen molar-refractivity contribution in [3.05, 3.63) is 33.7 Å². The van der Waals surface area contributed by atoms with Crippen molar-refractivity contribution in [2.24, 2.45) is 16.8 Å². The van der Waals surface area contributed by atoms with Crippen LogP contribution in [0.5, 0.6) is 0 Å². The van der Waals surface area contributed by atoms with E-state index in [1.54, 1.807) is 6.07 Å². The summed E-state index contributed by atoms with van der Waals surface area (Å²) in [5.74, 6) is -1.01. The topological polar surface area (TPSA) is 111 Å². The molecule has 2 aliphatic heterocycles. The highest BCUT2D eigenvalue weighted by atomic mass is 32.2. The van der Waals surface area contributed by atoms with Crippen molar-refractivity contribution in [3.63, 3.8) is 0 Å². The summed E-state index contributed by atoms with van der Waals surface area (Å²) in [6, 6.07) is 3.26. The molecule has 2 fully saturated rings. The number of oxime groups is 1. The maximum Gasteiger partial charge on any atom is 0.304 e. The maximum absolute atomic E-state index is 15.3. The first-order chi connectivity index (χ1) is 16.4. The highest BCUT2D eigenvalue weighted by Crippen LogP contribution is 2.45. The number of anilines is 1. The molecule has 0 radical (unpaired) electrons. The first-order valence-corrected chi connectivity index (χ1v) is 12.3. The standard InChI is InChI=1S/C21H24FN5O4S.C2H6/c1-10(28)31-20-18-19(29)13-5-14(22)17(26-8-11(7-23)15(9-26)24-30-2)6-16(13)27(12-3-4-12)21(18)32-25-20;1-2/h5-6,11-12,20,25H,3-4,7-9,23H2,1-2H3;1-2H3/b24-15+;. The molecule has 3 N–H and O–H groups in total. The zero-order valence-electron chi connectivity index (χ0n) is 19.8. The summed E-state index contributed by atoms with van der Waals surface area (Å²) >= 11 is 1.27. The van der Waals surface area contributed by atoms with Gasteiger partial charge < -0.3 is 24.8 Å². The molecule has 0 bridgehead atoms. The molecule has 9 nitrogen and oxygen atoms in total. The van der Waals surface area contributed by atoms with Gasteiger partial charge in [-0.2, -0.15) is 0 Å². The van der Waals surface area contributed by atoms with Crippen LogP contribution in [0.2, 0.25) is 0 Å². The van der Waals surface area contributed by atoms with Crippen LogP contribution < -0.4 is 20.8 Å². The molecule has 1 aromatic carbocycles. The normalized spacial score (nSPS) is 22.5. The predicted octanol–water partition coefficient (Wildman–Crippen LogP) is 3.07. The van der Waals surface area contributed by atoms with Crippen LogP contribution in [0.1, 0.15) is 51.4 Å². The molecular formula is C23H30FN5O4S. The zero-order valence-corrected chi connectivity index (χ0v) is 20.6. The SMILES string of the molecule is CC.CO/N=C1\CN(c2cc3c(cc2F)c(=O)c2c(n3C3CC3)SNC2OC(C)=O)CC1CN. The van der Waals surface area contributed by atoms with E-state index in [1.165, 1.54) is 32.0 Å². The van der Waals surface area contributed by atoms with Crippen molar-refractivity contribution in [1.29, 1.82) is 0 Å². The molecule has 1 saturated heterocycles. The second-order valence-electron chi connectivity index (χ2n) is 8.26. The fraction of sp³-hybridized carbons (Fsp3) is 0.522. The molecule has 2 unspecified atom stereocenters. The minimum Gasteiger partial charge on any atom is -0.441 e. The molecular weight excluding hydrogens is 461 g/mol. The molecule has 3 aliphatic rings. The van der Waals surface area contributed by atoms with E-state index < -0.39 is 18.0 Å². The van der Waals surface area contributed by atoms with Crippen LogP contribution >= 0.6 is 11.9 Å². The van der Waals surface area contributed by atoms with Gasteiger partial charge in [-0.1, -0.05) is 19.0 Å². The molecule has 5 rings (SSSR count). The van der Waals surface area contributed by atoms with Crippen molar-refractivity contribution in [2.45, 2.75) is 50.9 Å². The first kappa shape index (κ1) is 24.5. The van der Waals surface area contributed by atoms with E-state index in [0.717, 1.165) is 23.6 Å². The molecule has 1 saturated carbocycles. The number of fused-ring (bicyclic) bond motifs is 2. The number of halogens is 1. The number of ether oxygens (including phenoxy) is 1. The van der Waals surface area contributed by atoms with Crippen LogP contribution in [-0.2, 0) is 14.4 Å². The highest BCUT2D eigenvalue weighted by Gasteiger charge is 2.38. The third-order valence-electron chi connectivity index (χ3n) is 6.08. The van der Waals surface area contributed by atoms with E-state index in [4.69, 9.17) is 15.3 Å². The van der Waals surface area contributed by atoms with E-state index in [-0.39, 0.29) is 22.8 Å². The number of rotatable bonds is 5. The summed E-state index contributed by atoms with van der Waals surface area (Å²) in [5, 5.41) is 5.05. The van der Waals surface area contributed by atoms with Crippen LogP contribution in [0.4, 0.5) is 10.1 Å². The number of nitrogens with zero attached hydrogens (tertiary/aromatic N) is 3. The van der Waals surface area contributed by atoms with Crippen LogP contribution in [0, 0.1) is 11.7 Å². The van der Waals surface area contributed by atoms with Crippen LogP contribution in [0.15, 0.2) is 27.1 Å². The minimum absolute atomic E-state index is 0.0278. The molecule has 184 valence electrons. The number of hydrogen-bond acceptors (Lipinski definition) is 9. The number of nitrogens with two attached hydrogens (primary N) is 1. The molecule has 3 heterocycles. The summed E-state index contributed by atoms with van der Waals surface area (Å²) in [7, 11) is 1.48. The maximum atomic E-state index is 15.3. The van der Waals surface area contributed by atoms with Gasteiger partial charge in [0.2, 0.25) is 0 Å². The van der Waals surface area contributed by atoms with E-state index >= 15 is 4.39 Å². The van der Waals surface area contributed by atoms with Crippen LogP contribution in [0.3, 0.4) is 0 Å². The molecule has 0 spiro atoms. The number of aromatic nitrogens is 1. The number of esters is 1. The Hall–Kier alpha value is -2.63. The number of carbonyl (C=O) groups excluding carboxylic acids is 1. The predicted molar refractivity (Wildman–Crippen MR) is 130 cm³/mol. The largest absolute Gasteiger partial charge is 0.441 e. The Labute approximate surface area is 201 Å². The fourth-order valence-corrected chi connectivity index (χ4v) is 5.52. The number of benzene rings is 1. The summed E-state index contributed by atoms with van der Waals surface area (Å²) in [4.78, 5) is 31.7. The Morgan fingerprint density at radius 3 is 2.71 bits per heavy atom. The van der Waals surface area contributed by atoms with E-state index in [2.05, 4.69) is 14.4 Å². The van der Waals surface area contributed by atoms with Crippen molar-refractivity contribution in [2.75, 3.05) is 31.6 Å². The average Bonchev–Trinajstić information content (AvgIpc) is 3.45. The summed E-state index contributed by atoms with van der Waals surface area (Å²) in [6.07, 6.45) is 1.09. The molecule has 34 heavy (non-hydrogen) atoms. The Morgan fingerprint density at radius 1 is 1.35 bits per heavy atom. The average molecular weight is 492 g/mol. The van der Waals surface area contributed by atoms with Gasteiger partial charge in [0.15, 0.2) is 11.7 Å². The van der Waals surface area contributed by atoms with Gasteiger partial charge in [0.25, 0.3) is 0 Å². The number of pyridine rings is 1. The molecule has 0 amide bonds. The second-order valence-corrected chi connectivity index (χ2v) is 9.08. The minimum atomic E-state index is -0.853. The molecule has 1 aliphatic carbocycles. The van der Waals surface area contributed by atoms with E-state index in [0.29, 0.717) is 36.4 Å². The zero-order chi connectivity index (χ0) is 24.6. The van der Waals surface area contributed by atoms with Crippen molar-refractivity contribution < 1.29 is 18.8 Å². The lowest BCUT2D eigenvalue weighted by Crippen LogP contribution is -2.25. The Morgan fingerprint density at radius 2 is 2.09 bits per heavy atom. The Kier molecular flexibility index (Phi) is 7.15. The molecule has 11 heteroatoms. The van der Waals surface area contributed by atoms with Crippen LogP contribution in [-0.4, -0.2) is 43.0 Å². The molecule has 2 aromatic rings. The highest BCUT2D eigenvalue weighted by molar-refractivity contribution is 7.97. The van der Waals surface area contributed by atoms with Gasteiger partial charge in [-0.25, -0.2) is 9.11 Å². The van der Waals surface area contributed by atoms with Gasteiger partial charge in [-0.15, -0.1) is 0 Å². The van der Waals surface area contributed by atoms with E-state index in [1.807, 2.05) is 18.7 Å². The second kappa shape index (κ2) is 9.93. The van der Waals surface area contributed by atoms with Gasteiger partial charge in [-0.05, 0) is 36.9 Å². The van der Waals surface area contributed by atoms with E-state index in [9.17, 15) is 9.59 Å². The van der Waals surface area contributed by atoms with Gasteiger partial charge in [0.05, 0.1) is 29.0 Å². The van der Waals surface area contributed by atoms with Gasteiger partial charge >= 0.3 is 5.97 Å². The smallest absolute Gasteiger partial charge is 0.304 e. The third-order valence-corrected chi connectivity index (χ3v) is 7.02. The van der Waals surface area contributed by atoms with Crippen molar-refractivity contribution in [3.8, 4) is 0 Å². The number of hydrogen-bond donors (Lipinski definition) is 2. The van der Waals surface area contributed by atoms with Crippen molar-refractivity contribution >= 4 is 40.2 Å². The lowest BCUT2D eigenvalue weighted by Gasteiger charge is -2.22. The number of carbonyl (C=O) groups is 1. The summed E-state index contributed by atoms with van der Waals surface area (Å²) in [5.41, 5.74) is 7.75. The van der Waals surface area contributed by atoms with Crippen LogP contribution in [0.25, 0.3) is 10.9 Å². The molecule has 2 atom stereocenters. The Bertz CT molecular complexity index is 1200. The van der Waals surface area contributed by atoms with Gasteiger partial charge in [0.1, 0.15) is 18.0 Å². The Balaban J connectivity index is 0.00000133. The lowest BCUT2D eigenvalue weighted by molar-refractivity contribution is -0.147.